The summed E-state index contributed by atoms with van der Waals surface area (Å²) in [5.74, 6) is 1.52. The molecule has 2 atom stereocenters. The summed E-state index contributed by atoms with van der Waals surface area (Å²) in [6, 6.07) is 13.8. The summed E-state index contributed by atoms with van der Waals surface area (Å²) >= 11 is 0. The number of nitrogens with zero attached hydrogens (tertiary/aromatic N) is 3. The van der Waals surface area contributed by atoms with Gasteiger partial charge in [-0.1, -0.05) is 35.9 Å². The highest BCUT2D eigenvalue weighted by Crippen LogP contribution is 2.33. The van der Waals surface area contributed by atoms with Crippen LogP contribution in [0, 0.1) is 25.6 Å². The first-order valence-electron chi connectivity index (χ1n) is 11.5. The van der Waals surface area contributed by atoms with Crippen LogP contribution in [0.2, 0.25) is 0 Å². The monoisotopic (exact) mass is 449 g/mol. The van der Waals surface area contributed by atoms with Crippen LogP contribution in [-0.4, -0.2) is 35.7 Å². The van der Waals surface area contributed by atoms with Gasteiger partial charge in [0.25, 0.3) is 0 Å². The molecule has 33 heavy (non-hydrogen) atoms. The van der Waals surface area contributed by atoms with E-state index in [9.17, 15) is 4.39 Å². The molecule has 4 rings (SSSR count). The molecular weight excluding hydrogens is 417 g/mol. The van der Waals surface area contributed by atoms with Crippen molar-refractivity contribution in [3.05, 3.63) is 83.2 Å². The van der Waals surface area contributed by atoms with E-state index < -0.39 is 0 Å². The highest BCUT2D eigenvalue weighted by atomic mass is 19.1. The van der Waals surface area contributed by atoms with Gasteiger partial charge in [0, 0.05) is 45.1 Å². The molecule has 7 heteroatoms. The molecule has 2 aromatic carbocycles. The van der Waals surface area contributed by atoms with Gasteiger partial charge in [0.05, 0.1) is 11.8 Å². The smallest absolute Gasteiger partial charge is 0.191 e. The third kappa shape index (κ3) is 5.60. The molecule has 0 aliphatic carbocycles. The van der Waals surface area contributed by atoms with Crippen LogP contribution in [0.3, 0.4) is 0 Å². The second-order valence-corrected chi connectivity index (χ2v) is 8.54. The Morgan fingerprint density at radius 2 is 2.00 bits per heavy atom. The number of benzene rings is 2. The molecule has 2 N–H and O–H groups in total. The Balaban J connectivity index is 1.34. The lowest BCUT2D eigenvalue weighted by molar-refractivity contribution is -0.0265. The van der Waals surface area contributed by atoms with Crippen molar-refractivity contribution in [3.63, 3.8) is 0 Å². The van der Waals surface area contributed by atoms with Crippen LogP contribution in [0.1, 0.15) is 41.5 Å². The molecule has 0 amide bonds. The number of ether oxygens (including phenoxy) is 1. The van der Waals surface area contributed by atoms with Gasteiger partial charge in [-0.25, -0.2) is 9.37 Å². The molecule has 1 aromatic heterocycles. The standard InChI is InChI=1S/C26H32FN5O/c1-18-6-9-21(10-7-18)25-22(5-4-14-33-25)17-31-26(28-3)30-16-20-8-11-24(23(27)15-20)32-13-12-29-19(32)2/h6-13,15,22,25H,4-5,14,16-17H2,1-3H3,(H2,28,30,31). The molecule has 1 saturated heterocycles. The predicted octanol–water partition coefficient (Wildman–Crippen LogP) is 4.46. The van der Waals surface area contributed by atoms with Crippen LogP contribution < -0.4 is 10.6 Å². The minimum absolute atomic E-state index is 0.0817. The number of hydrogen-bond donors (Lipinski definition) is 2. The lowest BCUT2D eigenvalue weighted by Gasteiger charge is -2.32. The van der Waals surface area contributed by atoms with E-state index in [2.05, 4.69) is 51.8 Å². The van der Waals surface area contributed by atoms with Gasteiger partial charge in [-0.15, -0.1) is 0 Å². The van der Waals surface area contributed by atoms with E-state index in [0.717, 1.165) is 37.4 Å². The van der Waals surface area contributed by atoms with E-state index in [0.29, 0.717) is 24.1 Å². The summed E-state index contributed by atoms with van der Waals surface area (Å²) < 4.78 is 22.6. The van der Waals surface area contributed by atoms with Crippen molar-refractivity contribution in [2.24, 2.45) is 10.9 Å². The van der Waals surface area contributed by atoms with Gasteiger partial charge in [-0.3, -0.25) is 4.99 Å². The summed E-state index contributed by atoms with van der Waals surface area (Å²) in [5.41, 5.74) is 3.81. The fourth-order valence-electron chi connectivity index (χ4n) is 4.30. The van der Waals surface area contributed by atoms with Gasteiger partial charge < -0.3 is 19.9 Å². The van der Waals surface area contributed by atoms with Crippen LogP contribution in [0.25, 0.3) is 5.69 Å². The van der Waals surface area contributed by atoms with Crippen LogP contribution in [0.5, 0.6) is 0 Å². The largest absolute Gasteiger partial charge is 0.373 e. The van der Waals surface area contributed by atoms with Gasteiger partial charge in [0.15, 0.2) is 5.96 Å². The Bertz CT molecular complexity index is 1090. The Kier molecular flexibility index (Phi) is 7.40. The number of guanidine groups is 1. The molecule has 2 unspecified atom stereocenters. The average Bonchev–Trinajstić information content (AvgIpc) is 3.25. The molecule has 0 saturated carbocycles. The molecule has 1 aliphatic heterocycles. The number of nitrogens with one attached hydrogen (secondary N) is 2. The van der Waals surface area contributed by atoms with E-state index in [1.54, 1.807) is 36.1 Å². The molecule has 6 nitrogen and oxygen atoms in total. The number of rotatable bonds is 6. The number of imidazole rings is 1. The van der Waals surface area contributed by atoms with Crippen molar-refractivity contribution >= 4 is 5.96 Å². The summed E-state index contributed by atoms with van der Waals surface area (Å²) in [4.78, 5) is 8.50. The van der Waals surface area contributed by atoms with Crippen LogP contribution in [0.4, 0.5) is 4.39 Å². The van der Waals surface area contributed by atoms with Crippen molar-refractivity contribution in [2.45, 2.75) is 39.3 Å². The number of halogens is 1. The van der Waals surface area contributed by atoms with Crippen molar-refractivity contribution < 1.29 is 9.13 Å². The number of hydrogen-bond acceptors (Lipinski definition) is 3. The summed E-state index contributed by atoms with van der Waals surface area (Å²) in [7, 11) is 1.75. The lowest BCUT2D eigenvalue weighted by Crippen LogP contribution is -2.41. The van der Waals surface area contributed by atoms with Crippen LogP contribution in [-0.2, 0) is 11.3 Å². The lowest BCUT2D eigenvalue weighted by atomic mass is 9.89. The number of aliphatic imine (C=N–C) groups is 1. The second kappa shape index (κ2) is 10.6. The Morgan fingerprint density at radius 1 is 1.18 bits per heavy atom. The van der Waals surface area contributed by atoms with E-state index >= 15 is 0 Å². The third-order valence-electron chi connectivity index (χ3n) is 6.16. The molecule has 0 radical (unpaired) electrons. The topological polar surface area (TPSA) is 63.5 Å². The van der Waals surface area contributed by atoms with E-state index in [-0.39, 0.29) is 11.9 Å². The van der Waals surface area contributed by atoms with E-state index in [1.165, 1.54) is 11.1 Å². The summed E-state index contributed by atoms with van der Waals surface area (Å²) in [6.07, 6.45) is 5.67. The quantitative estimate of drug-likeness (QED) is 0.431. The molecule has 174 valence electrons. The maximum Gasteiger partial charge on any atom is 0.191 e. The zero-order chi connectivity index (χ0) is 23.2. The minimum atomic E-state index is -0.279. The molecule has 3 aromatic rings. The maximum atomic E-state index is 14.7. The predicted molar refractivity (Wildman–Crippen MR) is 129 cm³/mol. The molecule has 1 fully saturated rings. The minimum Gasteiger partial charge on any atom is -0.373 e. The van der Waals surface area contributed by atoms with Crippen molar-refractivity contribution in [3.8, 4) is 5.69 Å². The SMILES string of the molecule is CN=C(NCc1ccc(-n2ccnc2C)c(F)c1)NCC1CCCOC1c1ccc(C)cc1. The molecule has 0 bridgehead atoms. The van der Waals surface area contributed by atoms with E-state index in [4.69, 9.17) is 4.74 Å². The summed E-state index contributed by atoms with van der Waals surface area (Å²) in [6.45, 7) is 5.97. The highest BCUT2D eigenvalue weighted by Gasteiger charge is 2.27. The van der Waals surface area contributed by atoms with Gasteiger partial charge in [-0.05, 0) is 49.9 Å². The Hall–Kier alpha value is -3.19. The fraction of sp³-hybridized carbons (Fsp3) is 0.385. The molecule has 2 heterocycles. The van der Waals surface area contributed by atoms with Crippen molar-refractivity contribution in [1.29, 1.82) is 0 Å². The second-order valence-electron chi connectivity index (χ2n) is 8.54. The normalized spacial score (nSPS) is 18.8. The summed E-state index contributed by atoms with van der Waals surface area (Å²) in [5, 5.41) is 6.72. The first kappa shape index (κ1) is 23.0. The zero-order valence-corrected chi connectivity index (χ0v) is 19.5. The van der Waals surface area contributed by atoms with Gasteiger partial charge >= 0.3 is 0 Å². The maximum absolute atomic E-state index is 14.7. The molecule has 0 spiro atoms. The van der Waals surface area contributed by atoms with Crippen LogP contribution in [0.15, 0.2) is 59.9 Å². The van der Waals surface area contributed by atoms with Gasteiger partial charge in [0.2, 0.25) is 0 Å². The first-order valence-corrected chi connectivity index (χ1v) is 11.5. The third-order valence-corrected chi connectivity index (χ3v) is 6.16. The van der Waals surface area contributed by atoms with Crippen LogP contribution >= 0.6 is 0 Å². The van der Waals surface area contributed by atoms with Crippen molar-refractivity contribution in [2.75, 3.05) is 20.2 Å². The molecule has 1 aliphatic rings. The van der Waals surface area contributed by atoms with E-state index in [1.807, 2.05) is 13.0 Å². The molecular formula is C26H32FN5O. The van der Waals surface area contributed by atoms with Gasteiger partial charge in [0.1, 0.15) is 11.6 Å². The highest BCUT2D eigenvalue weighted by molar-refractivity contribution is 5.79. The van der Waals surface area contributed by atoms with Crippen molar-refractivity contribution in [1.82, 2.24) is 20.2 Å². The fourth-order valence-corrected chi connectivity index (χ4v) is 4.30. The average molecular weight is 450 g/mol. The first-order chi connectivity index (χ1) is 16.0. The zero-order valence-electron chi connectivity index (χ0n) is 19.5. The number of aromatic nitrogens is 2. The van der Waals surface area contributed by atoms with Gasteiger partial charge in [-0.2, -0.15) is 0 Å². The Morgan fingerprint density at radius 3 is 2.70 bits per heavy atom. The number of aryl methyl sites for hydroxylation is 2. The Labute approximate surface area is 194 Å².